The summed E-state index contributed by atoms with van der Waals surface area (Å²) in [6, 6.07) is 11.9. The minimum atomic E-state index is 0.0778. The van der Waals surface area contributed by atoms with Crippen molar-refractivity contribution in [3.8, 4) is 0 Å². The lowest BCUT2D eigenvalue weighted by atomic mass is 10.0. The number of carbonyl (C=O) groups is 1. The lowest BCUT2D eigenvalue weighted by molar-refractivity contribution is 0.101. The summed E-state index contributed by atoms with van der Waals surface area (Å²) < 4.78 is 0. The Hall–Kier alpha value is -1.25. The molecule has 2 aromatic rings. The number of carbonyl (C=O) groups excluding carboxylic acids is 1. The standard InChI is InChI=1S/C16H17Cl2NO/c1-12(20)15-4-2-3-13-5-6-14(11-16(13)15)19(9-7-17)10-8-18/h2-6,11H,7-10H2,1H3. The second-order valence-corrected chi connectivity index (χ2v) is 5.39. The van der Waals surface area contributed by atoms with Gasteiger partial charge in [0.1, 0.15) is 0 Å². The molecule has 0 radical (unpaired) electrons. The van der Waals surface area contributed by atoms with E-state index in [9.17, 15) is 4.79 Å². The van der Waals surface area contributed by atoms with Crippen molar-refractivity contribution in [1.82, 2.24) is 0 Å². The smallest absolute Gasteiger partial charge is 0.160 e. The van der Waals surface area contributed by atoms with Gasteiger partial charge in [-0.25, -0.2) is 0 Å². The van der Waals surface area contributed by atoms with E-state index in [1.165, 1.54) is 0 Å². The van der Waals surface area contributed by atoms with Crippen LogP contribution in [-0.4, -0.2) is 30.6 Å². The van der Waals surface area contributed by atoms with E-state index in [4.69, 9.17) is 23.2 Å². The fraction of sp³-hybridized carbons (Fsp3) is 0.312. The number of alkyl halides is 2. The zero-order chi connectivity index (χ0) is 14.5. The molecule has 0 bridgehead atoms. The summed E-state index contributed by atoms with van der Waals surface area (Å²) in [6.45, 7) is 3.07. The molecular weight excluding hydrogens is 293 g/mol. The van der Waals surface area contributed by atoms with Gasteiger partial charge in [0.15, 0.2) is 5.78 Å². The van der Waals surface area contributed by atoms with Gasteiger partial charge in [-0.2, -0.15) is 0 Å². The summed E-state index contributed by atoms with van der Waals surface area (Å²) >= 11 is 11.7. The van der Waals surface area contributed by atoms with Crippen molar-refractivity contribution in [2.45, 2.75) is 6.92 Å². The van der Waals surface area contributed by atoms with Crippen molar-refractivity contribution < 1.29 is 4.79 Å². The van der Waals surface area contributed by atoms with Gasteiger partial charge in [0.2, 0.25) is 0 Å². The van der Waals surface area contributed by atoms with Crippen molar-refractivity contribution in [3.63, 3.8) is 0 Å². The SMILES string of the molecule is CC(=O)c1cccc2ccc(N(CCCl)CCCl)cc12. The molecule has 4 heteroatoms. The van der Waals surface area contributed by atoms with Crippen LogP contribution in [0.25, 0.3) is 10.8 Å². The quantitative estimate of drug-likeness (QED) is 0.585. The Bertz CT molecular complexity index is 606. The van der Waals surface area contributed by atoms with Gasteiger partial charge in [-0.3, -0.25) is 4.79 Å². The molecule has 0 amide bonds. The molecule has 0 N–H and O–H groups in total. The van der Waals surface area contributed by atoms with Gasteiger partial charge in [0.25, 0.3) is 0 Å². The molecular formula is C16H17Cl2NO. The number of hydrogen-bond acceptors (Lipinski definition) is 2. The first kappa shape index (κ1) is 15.1. The van der Waals surface area contributed by atoms with Crippen molar-refractivity contribution >= 4 is 45.4 Å². The summed E-state index contributed by atoms with van der Waals surface area (Å²) in [5.74, 6) is 1.17. The van der Waals surface area contributed by atoms with Crippen LogP contribution < -0.4 is 4.90 Å². The van der Waals surface area contributed by atoms with Crippen LogP contribution in [-0.2, 0) is 0 Å². The number of anilines is 1. The topological polar surface area (TPSA) is 20.3 Å². The molecule has 2 rings (SSSR count). The van der Waals surface area contributed by atoms with Gasteiger partial charge in [-0.05, 0) is 29.8 Å². The summed E-state index contributed by atoms with van der Waals surface area (Å²) in [5, 5.41) is 2.05. The zero-order valence-corrected chi connectivity index (χ0v) is 12.9. The van der Waals surface area contributed by atoms with Gasteiger partial charge in [0.05, 0.1) is 0 Å². The molecule has 0 unspecified atom stereocenters. The van der Waals surface area contributed by atoms with Crippen molar-refractivity contribution in [2.75, 3.05) is 29.7 Å². The normalized spacial score (nSPS) is 10.8. The predicted molar refractivity (Wildman–Crippen MR) is 87.6 cm³/mol. The third-order valence-corrected chi connectivity index (χ3v) is 3.66. The highest BCUT2D eigenvalue weighted by atomic mass is 35.5. The lowest BCUT2D eigenvalue weighted by Gasteiger charge is -2.23. The summed E-state index contributed by atoms with van der Waals surface area (Å²) in [6.07, 6.45) is 0. The van der Waals surface area contributed by atoms with Crippen LogP contribution >= 0.6 is 23.2 Å². The highest BCUT2D eigenvalue weighted by molar-refractivity contribution is 6.18. The second kappa shape index (κ2) is 6.96. The number of rotatable bonds is 6. The molecule has 106 valence electrons. The molecule has 0 aromatic heterocycles. The number of Topliss-reactive ketones (excluding diaryl/α,β-unsaturated/α-hetero) is 1. The average molecular weight is 310 g/mol. The highest BCUT2D eigenvalue weighted by Gasteiger charge is 2.09. The first-order chi connectivity index (χ1) is 9.67. The number of hydrogen-bond donors (Lipinski definition) is 0. The van der Waals surface area contributed by atoms with Crippen LogP contribution in [0.3, 0.4) is 0 Å². The van der Waals surface area contributed by atoms with E-state index in [0.29, 0.717) is 11.8 Å². The minimum Gasteiger partial charge on any atom is -0.369 e. The molecule has 0 saturated carbocycles. The van der Waals surface area contributed by atoms with Gasteiger partial charge < -0.3 is 4.90 Å². The van der Waals surface area contributed by atoms with Gasteiger partial charge in [0, 0.05) is 36.1 Å². The molecule has 0 aliphatic carbocycles. The maximum Gasteiger partial charge on any atom is 0.160 e. The number of halogens is 2. The number of nitrogens with zero attached hydrogens (tertiary/aromatic N) is 1. The van der Waals surface area contributed by atoms with Gasteiger partial charge in [-0.15, -0.1) is 23.2 Å². The number of ketones is 1. The Balaban J connectivity index is 2.50. The van der Waals surface area contributed by atoms with Crippen LogP contribution in [0.15, 0.2) is 36.4 Å². The molecule has 0 spiro atoms. The minimum absolute atomic E-state index is 0.0778. The zero-order valence-electron chi connectivity index (χ0n) is 11.4. The second-order valence-electron chi connectivity index (χ2n) is 4.63. The van der Waals surface area contributed by atoms with Crippen LogP contribution in [0.5, 0.6) is 0 Å². The molecule has 0 aliphatic heterocycles. The Morgan fingerprint density at radius 2 is 1.80 bits per heavy atom. The molecule has 0 aliphatic rings. The summed E-state index contributed by atoms with van der Waals surface area (Å²) in [4.78, 5) is 13.9. The maximum absolute atomic E-state index is 11.7. The Morgan fingerprint density at radius 1 is 1.10 bits per heavy atom. The Kier molecular flexibility index (Phi) is 5.27. The molecule has 0 fully saturated rings. The summed E-state index contributed by atoms with van der Waals surface area (Å²) in [7, 11) is 0. The third kappa shape index (κ3) is 3.25. The highest BCUT2D eigenvalue weighted by Crippen LogP contribution is 2.25. The lowest BCUT2D eigenvalue weighted by Crippen LogP contribution is -2.27. The number of benzene rings is 2. The fourth-order valence-electron chi connectivity index (χ4n) is 2.34. The number of fused-ring (bicyclic) bond motifs is 1. The molecule has 20 heavy (non-hydrogen) atoms. The van der Waals surface area contributed by atoms with E-state index in [-0.39, 0.29) is 5.78 Å². The molecule has 0 atom stereocenters. The summed E-state index contributed by atoms with van der Waals surface area (Å²) in [5.41, 5.74) is 1.80. The Morgan fingerprint density at radius 3 is 2.40 bits per heavy atom. The van der Waals surface area contributed by atoms with E-state index < -0.39 is 0 Å². The maximum atomic E-state index is 11.7. The van der Waals surface area contributed by atoms with Crippen molar-refractivity contribution in [2.24, 2.45) is 0 Å². The predicted octanol–water partition coefficient (Wildman–Crippen LogP) is 4.33. The molecule has 0 saturated heterocycles. The van der Waals surface area contributed by atoms with E-state index in [0.717, 1.165) is 35.1 Å². The molecule has 0 heterocycles. The molecule has 2 nitrogen and oxygen atoms in total. The van der Waals surface area contributed by atoms with Crippen LogP contribution in [0.4, 0.5) is 5.69 Å². The first-order valence-electron chi connectivity index (χ1n) is 6.58. The Labute approximate surface area is 129 Å². The fourth-order valence-corrected chi connectivity index (χ4v) is 2.75. The van der Waals surface area contributed by atoms with Crippen molar-refractivity contribution in [1.29, 1.82) is 0 Å². The van der Waals surface area contributed by atoms with E-state index >= 15 is 0 Å². The largest absolute Gasteiger partial charge is 0.369 e. The average Bonchev–Trinajstić information content (AvgIpc) is 2.45. The van der Waals surface area contributed by atoms with Gasteiger partial charge in [-0.1, -0.05) is 24.3 Å². The van der Waals surface area contributed by atoms with E-state index in [2.05, 4.69) is 4.90 Å². The molecule has 2 aromatic carbocycles. The van der Waals surface area contributed by atoms with Crippen LogP contribution in [0.1, 0.15) is 17.3 Å². The third-order valence-electron chi connectivity index (χ3n) is 3.32. The van der Waals surface area contributed by atoms with Crippen LogP contribution in [0.2, 0.25) is 0 Å². The van der Waals surface area contributed by atoms with Crippen LogP contribution in [0, 0.1) is 0 Å². The van der Waals surface area contributed by atoms with Gasteiger partial charge >= 0.3 is 0 Å². The monoisotopic (exact) mass is 309 g/mol. The van der Waals surface area contributed by atoms with E-state index in [1.54, 1.807) is 6.92 Å². The van der Waals surface area contributed by atoms with Crippen molar-refractivity contribution in [3.05, 3.63) is 42.0 Å². The van der Waals surface area contributed by atoms with E-state index in [1.807, 2.05) is 36.4 Å². The first-order valence-corrected chi connectivity index (χ1v) is 7.65.